The van der Waals surface area contributed by atoms with Crippen LogP contribution in [0.25, 0.3) is 12.2 Å². The number of carbonyl (C=O) groups is 1. The summed E-state index contributed by atoms with van der Waals surface area (Å²) in [6.07, 6.45) is 3.71. The fraction of sp³-hybridized carbons (Fsp3) is 0.0800. The van der Waals surface area contributed by atoms with Gasteiger partial charge in [-0.25, -0.2) is 4.98 Å². The predicted octanol–water partition coefficient (Wildman–Crippen LogP) is 5.66. The highest BCUT2D eigenvalue weighted by Crippen LogP contribution is 2.35. The van der Waals surface area contributed by atoms with E-state index in [0.717, 1.165) is 28.5 Å². The molecule has 0 radical (unpaired) electrons. The van der Waals surface area contributed by atoms with E-state index in [1.165, 1.54) is 12.1 Å². The largest absolute Gasteiger partial charge is 0.319 e. The Balaban J connectivity index is 1.56. The molecule has 170 valence electrons. The van der Waals surface area contributed by atoms with E-state index >= 15 is 0 Å². The number of nitrogens with zero attached hydrogens (tertiary/aromatic N) is 3. The number of rotatable bonds is 8. The average molecular weight is 472 g/mol. The molecule has 0 bridgehead atoms. The molecule has 1 atom stereocenters. The van der Waals surface area contributed by atoms with Crippen LogP contribution in [-0.4, -0.2) is 26.0 Å². The Hall–Kier alpha value is -4.24. The maximum absolute atomic E-state index is 13.3. The molecule has 0 spiro atoms. The molecule has 0 aliphatic heterocycles. The summed E-state index contributed by atoms with van der Waals surface area (Å²) in [5.41, 5.74) is 2.47. The average Bonchev–Trinajstić information content (AvgIpc) is 3.31. The van der Waals surface area contributed by atoms with E-state index in [9.17, 15) is 14.9 Å². The SMILES string of the molecule is Cc1ccc(NC(=O)C(Sc2n[nH]c(/C=C/c3ccccc3)n2)c2ccccc2)c([N+](=O)[O-])c1. The number of thioether (sulfide) groups is 1. The van der Waals surface area contributed by atoms with Gasteiger partial charge in [0.2, 0.25) is 11.1 Å². The van der Waals surface area contributed by atoms with Gasteiger partial charge in [-0.1, -0.05) is 84.6 Å². The topological polar surface area (TPSA) is 114 Å². The lowest BCUT2D eigenvalue weighted by Crippen LogP contribution is -2.20. The number of amides is 1. The van der Waals surface area contributed by atoms with Crippen molar-refractivity contribution in [1.82, 2.24) is 15.2 Å². The lowest BCUT2D eigenvalue weighted by Gasteiger charge is -2.15. The lowest BCUT2D eigenvalue weighted by molar-refractivity contribution is -0.384. The zero-order chi connectivity index (χ0) is 23.9. The summed E-state index contributed by atoms with van der Waals surface area (Å²) >= 11 is 1.16. The van der Waals surface area contributed by atoms with Gasteiger partial charge >= 0.3 is 0 Å². The lowest BCUT2D eigenvalue weighted by atomic mass is 10.1. The maximum atomic E-state index is 13.3. The van der Waals surface area contributed by atoms with Gasteiger partial charge in [0.05, 0.1) is 4.92 Å². The molecule has 8 nitrogen and oxygen atoms in total. The third-order valence-corrected chi connectivity index (χ3v) is 6.00. The van der Waals surface area contributed by atoms with Gasteiger partial charge in [0.1, 0.15) is 16.8 Å². The minimum absolute atomic E-state index is 0.142. The number of benzene rings is 3. The molecular weight excluding hydrogens is 450 g/mol. The van der Waals surface area contributed by atoms with Gasteiger partial charge in [-0.3, -0.25) is 20.0 Å². The molecule has 0 saturated heterocycles. The van der Waals surface area contributed by atoms with Gasteiger partial charge in [-0.2, -0.15) is 0 Å². The second-order valence-corrected chi connectivity index (χ2v) is 8.50. The van der Waals surface area contributed by atoms with Crippen molar-refractivity contribution < 1.29 is 9.72 Å². The standard InChI is InChI=1S/C25H21N5O3S/c1-17-12-14-20(21(16-17)30(32)33)26-24(31)23(19-10-6-3-7-11-19)34-25-27-22(28-29-25)15-13-18-8-4-2-5-9-18/h2-16,23H,1H3,(H,26,31)(H,27,28,29)/b15-13+. The van der Waals surface area contributed by atoms with Gasteiger partial charge in [0.15, 0.2) is 0 Å². The first-order chi connectivity index (χ1) is 16.5. The van der Waals surface area contributed by atoms with Crippen molar-refractivity contribution in [2.45, 2.75) is 17.3 Å². The number of aromatic amines is 1. The van der Waals surface area contributed by atoms with Crippen LogP contribution in [0.2, 0.25) is 0 Å². The van der Waals surface area contributed by atoms with Gasteiger partial charge in [0.25, 0.3) is 5.69 Å². The summed E-state index contributed by atoms with van der Waals surface area (Å²) in [6, 6.07) is 23.6. The Morgan fingerprint density at radius 3 is 2.47 bits per heavy atom. The highest BCUT2D eigenvalue weighted by atomic mass is 32.2. The quantitative estimate of drug-likeness (QED) is 0.195. The number of aryl methyl sites for hydroxylation is 1. The Morgan fingerprint density at radius 1 is 1.06 bits per heavy atom. The summed E-state index contributed by atoms with van der Waals surface area (Å²) in [7, 11) is 0. The third-order valence-electron chi connectivity index (χ3n) is 4.89. The Morgan fingerprint density at radius 2 is 1.76 bits per heavy atom. The molecule has 1 unspecified atom stereocenters. The molecule has 0 saturated carbocycles. The predicted molar refractivity (Wildman–Crippen MR) is 133 cm³/mol. The zero-order valence-corrected chi connectivity index (χ0v) is 19.0. The van der Waals surface area contributed by atoms with Gasteiger partial charge in [-0.05, 0) is 35.8 Å². The normalized spacial score (nSPS) is 11.9. The van der Waals surface area contributed by atoms with Crippen LogP contribution < -0.4 is 5.32 Å². The second kappa shape index (κ2) is 10.6. The first-order valence-electron chi connectivity index (χ1n) is 10.4. The van der Waals surface area contributed by atoms with Gasteiger partial charge in [0, 0.05) is 6.07 Å². The summed E-state index contributed by atoms with van der Waals surface area (Å²) < 4.78 is 0. The van der Waals surface area contributed by atoms with Gasteiger partial charge in [-0.15, -0.1) is 5.10 Å². The van der Waals surface area contributed by atoms with Crippen LogP contribution in [0.4, 0.5) is 11.4 Å². The molecule has 9 heteroatoms. The van der Waals surface area contributed by atoms with Crippen molar-refractivity contribution in [1.29, 1.82) is 0 Å². The van der Waals surface area contributed by atoms with E-state index in [1.807, 2.05) is 66.7 Å². The number of hydrogen-bond acceptors (Lipinski definition) is 6. The molecule has 34 heavy (non-hydrogen) atoms. The van der Waals surface area contributed by atoms with Crippen LogP contribution in [0.1, 0.15) is 27.8 Å². The monoisotopic (exact) mass is 471 g/mol. The fourth-order valence-corrected chi connectivity index (χ4v) is 4.15. The number of carbonyl (C=O) groups excluding carboxylic acids is 1. The molecule has 0 fully saturated rings. The fourth-order valence-electron chi connectivity index (χ4n) is 3.23. The van der Waals surface area contributed by atoms with Crippen LogP contribution in [0, 0.1) is 17.0 Å². The molecule has 1 aromatic heterocycles. The molecular formula is C25H21N5O3S. The van der Waals surface area contributed by atoms with Crippen LogP contribution in [-0.2, 0) is 4.79 Å². The van der Waals surface area contributed by atoms with Crippen molar-refractivity contribution in [2.75, 3.05) is 5.32 Å². The van der Waals surface area contributed by atoms with E-state index in [2.05, 4.69) is 20.5 Å². The summed E-state index contributed by atoms with van der Waals surface area (Å²) in [4.78, 5) is 28.7. The summed E-state index contributed by atoms with van der Waals surface area (Å²) in [5.74, 6) is 0.141. The van der Waals surface area contributed by atoms with Crippen LogP contribution >= 0.6 is 11.8 Å². The van der Waals surface area contributed by atoms with Crippen molar-refractivity contribution in [3.05, 3.63) is 111 Å². The van der Waals surface area contributed by atoms with E-state index in [4.69, 9.17) is 0 Å². The number of nitro groups is 1. The maximum Gasteiger partial charge on any atom is 0.293 e. The number of nitro benzene ring substituents is 1. The van der Waals surface area contributed by atoms with Crippen molar-refractivity contribution >= 4 is 41.2 Å². The molecule has 0 aliphatic carbocycles. The molecule has 2 N–H and O–H groups in total. The van der Waals surface area contributed by atoms with E-state index in [1.54, 1.807) is 19.1 Å². The Bertz CT molecular complexity index is 1320. The van der Waals surface area contributed by atoms with E-state index in [0.29, 0.717) is 11.0 Å². The minimum atomic E-state index is -0.719. The van der Waals surface area contributed by atoms with Crippen molar-refractivity contribution in [3.63, 3.8) is 0 Å². The molecule has 1 amide bonds. The van der Waals surface area contributed by atoms with Gasteiger partial charge < -0.3 is 5.32 Å². The smallest absolute Gasteiger partial charge is 0.293 e. The number of nitrogens with one attached hydrogen (secondary N) is 2. The third kappa shape index (κ3) is 5.76. The molecule has 3 aromatic carbocycles. The van der Waals surface area contributed by atoms with Crippen LogP contribution in [0.5, 0.6) is 0 Å². The Labute approximate surface area is 200 Å². The number of anilines is 1. The van der Waals surface area contributed by atoms with E-state index in [-0.39, 0.29) is 11.4 Å². The van der Waals surface area contributed by atoms with Crippen molar-refractivity contribution in [3.8, 4) is 0 Å². The first kappa shape index (κ1) is 22.9. The minimum Gasteiger partial charge on any atom is -0.319 e. The van der Waals surface area contributed by atoms with Crippen LogP contribution in [0.15, 0.2) is 84.0 Å². The number of hydrogen-bond donors (Lipinski definition) is 2. The summed E-state index contributed by atoms with van der Waals surface area (Å²) in [5, 5.41) is 20.9. The molecule has 1 heterocycles. The van der Waals surface area contributed by atoms with E-state index < -0.39 is 16.1 Å². The van der Waals surface area contributed by atoms with Crippen LogP contribution in [0.3, 0.4) is 0 Å². The first-order valence-corrected chi connectivity index (χ1v) is 11.3. The number of aromatic nitrogens is 3. The molecule has 4 aromatic rings. The molecule has 0 aliphatic rings. The highest BCUT2D eigenvalue weighted by molar-refractivity contribution is 8.00. The second-order valence-electron chi connectivity index (χ2n) is 7.42. The molecule has 4 rings (SSSR count). The Kier molecular flexibility index (Phi) is 7.14. The van der Waals surface area contributed by atoms with Crippen molar-refractivity contribution in [2.24, 2.45) is 0 Å². The highest BCUT2D eigenvalue weighted by Gasteiger charge is 2.26. The number of H-pyrrole nitrogens is 1. The zero-order valence-electron chi connectivity index (χ0n) is 18.2. The summed E-state index contributed by atoms with van der Waals surface area (Å²) in [6.45, 7) is 1.76.